The van der Waals surface area contributed by atoms with E-state index in [-0.39, 0.29) is 5.56 Å². The van der Waals surface area contributed by atoms with Crippen LogP contribution < -0.4 is 15.4 Å². The molecule has 2 aromatic heterocycles. The van der Waals surface area contributed by atoms with Gasteiger partial charge < -0.3 is 5.41 Å². The van der Waals surface area contributed by atoms with Gasteiger partial charge in [-0.25, -0.2) is 4.98 Å². The molecule has 0 atom stereocenters. The van der Waals surface area contributed by atoms with Crippen LogP contribution in [0.4, 0.5) is 0 Å². The zero-order chi connectivity index (χ0) is 15.8. The van der Waals surface area contributed by atoms with E-state index in [1.807, 2.05) is 30.3 Å². The lowest BCUT2D eigenvalue weighted by Gasteiger charge is -1.98. The van der Waals surface area contributed by atoms with E-state index in [1.54, 1.807) is 0 Å². The van der Waals surface area contributed by atoms with Crippen molar-refractivity contribution < 1.29 is 0 Å². The van der Waals surface area contributed by atoms with Gasteiger partial charge >= 0.3 is 0 Å². The Morgan fingerprint density at radius 2 is 2.00 bits per heavy atom. The quantitative estimate of drug-likeness (QED) is 0.719. The summed E-state index contributed by atoms with van der Waals surface area (Å²) in [5.41, 5.74) is 1.62. The van der Waals surface area contributed by atoms with Crippen LogP contribution in [-0.4, -0.2) is 21.0 Å². The van der Waals surface area contributed by atoms with Gasteiger partial charge in [0.05, 0.1) is 21.1 Å². The second-order valence-corrected chi connectivity index (χ2v) is 6.29. The van der Waals surface area contributed by atoms with Crippen molar-refractivity contribution in [3.8, 4) is 16.4 Å². The third-order valence-electron chi connectivity index (χ3n) is 3.83. The van der Waals surface area contributed by atoms with Crippen LogP contribution in [0.2, 0.25) is 0 Å². The fraction of sp³-hybridized carbons (Fsp3) is 0.118. The zero-order valence-electron chi connectivity index (χ0n) is 12.2. The number of H-pyrrole nitrogens is 1. The van der Waals surface area contributed by atoms with Gasteiger partial charge in [-0.2, -0.15) is 4.68 Å². The van der Waals surface area contributed by atoms with Gasteiger partial charge in [0.25, 0.3) is 5.56 Å². The van der Waals surface area contributed by atoms with Gasteiger partial charge in [0.15, 0.2) is 0 Å². The second kappa shape index (κ2) is 5.48. The highest BCUT2D eigenvalue weighted by Gasteiger charge is 2.17. The lowest BCUT2D eigenvalue weighted by atomic mass is 10.1. The average molecular weight is 322 g/mol. The first-order chi connectivity index (χ1) is 11.3. The second-order valence-electron chi connectivity index (χ2n) is 5.28. The SMILES string of the molecule is N=Cc1c(-c2ccccc2)[nH]n(-c2nc3c(s2)=CCCC=3)c1=O. The molecular weight excluding hydrogens is 308 g/mol. The van der Waals surface area contributed by atoms with E-state index < -0.39 is 0 Å². The summed E-state index contributed by atoms with van der Waals surface area (Å²) in [7, 11) is 0. The predicted octanol–water partition coefficient (Wildman–Crippen LogP) is 1.64. The van der Waals surface area contributed by atoms with Crippen LogP contribution in [-0.2, 0) is 0 Å². The van der Waals surface area contributed by atoms with E-state index in [2.05, 4.69) is 22.2 Å². The van der Waals surface area contributed by atoms with E-state index in [9.17, 15) is 4.79 Å². The topological polar surface area (TPSA) is 74.5 Å². The molecule has 23 heavy (non-hydrogen) atoms. The molecule has 0 amide bonds. The van der Waals surface area contributed by atoms with Gasteiger partial charge in [-0.15, -0.1) is 0 Å². The zero-order valence-corrected chi connectivity index (χ0v) is 13.1. The number of thiazole rings is 1. The molecular formula is C17H14N4OS. The molecule has 0 unspecified atom stereocenters. The molecule has 4 rings (SSSR count). The molecule has 114 valence electrons. The highest BCUT2D eigenvalue weighted by atomic mass is 32.1. The summed E-state index contributed by atoms with van der Waals surface area (Å²) in [5.74, 6) is 0. The number of rotatable bonds is 3. The third kappa shape index (κ3) is 2.27. The molecule has 0 bridgehead atoms. The standard InChI is InChI=1S/C17H14N4OS/c18-10-12-15(11-6-2-1-3-7-11)20-21(16(12)22)17-19-13-8-4-5-9-14(13)23-17/h1-3,6-10,18,20H,4-5H2. The van der Waals surface area contributed by atoms with E-state index in [0.29, 0.717) is 16.4 Å². The first-order valence-corrected chi connectivity index (χ1v) is 8.18. The monoisotopic (exact) mass is 322 g/mol. The highest BCUT2D eigenvalue weighted by Crippen LogP contribution is 2.19. The molecule has 2 N–H and O–H groups in total. The third-order valence-corrected chi connectivity index (χ3v) is 4.88. The maximum Gasteiger partial charge on any atom is 0.282 e. The van der Waals surface area contributed by atoms with Crippen molar-refractivity contribution in [3.05, 3.63) is 56.1 Å². The molecule has 1 aromatic carbocycles. The molecule has 0 saturated carbocycles. The minimum Gasteiger partial charge on any atom is -0.308 e. The van der Waals surface area contributed by atoms with Crippen LogP contribution in [0.15, 0.2) is 35.1 Å². The van der Waals surface area contributed by atoms with Gasteiger partial charge in [0, 0.05) is 11.8 Å². The molecule has 5 nitrogen and oxygen atoms in total. The fourth-order valence-electron chi connectivity index (χ4n) is 2.70. The minimum atomic E-state index is -0.245. The van der Waals surface area contributed by atoms with Crippen molar-refractivity contribution in [1.82, 2.24) is 14.8 Å². The Morgan fingerprint density at radius 3 is 2.74 bits per heavy atom. The van der Waals surface area contributed by atoms with E-state index in [1.165, 1.54) is 16.0 Å². The molecule has 3 aromatic rings. The molecule has 0 radical (unpaired) electrons. The Morgan fingerprint density at radius 1 is 1.22 bits per heavy atom. The number of aromatic nitrogens is 3. The van der Waals surface area contributed by atoms with Crippen LogP contribution in [0, 0.1) is 5.41 Å². The van der Waals surface area contributed by atoms with Gasteiger partial charge in [0.2, 0.25) is 5.13 Å². The van der Waals surface area contributed by atoms with Crippen molar-refractivity contribution in [2.45, 2.75) is 12.8 Å². The highest BCUT2D eigenvalue weighted by molar-refractivity contribution is 7.11. The maximum absolute atomic E-state index is 12.6. The van der Waals surface area contributed by atoms with Crippen molar-refractivity contribution in [2.24, 2.45) is 0 Å². The number of hydrogen-bond donors (Lipinski definition) is 2. The summed E-state index contributed by atoms with van der Waals surface area (Å²) in [5, 5.41) is 12.3. The summed E-state index contributed by atoms with van der Waals surface area (Å²) in [6.07, 6.45) is 7.34. The minimum absolute atomic E-state index is 0.245. The number of benzene rings is 1. The van der Waals surface area contributed by atoms with Gasteiger partial charge in [0.1, 0.15) is 0 Å². The largest absolute Gasteiger partial charge is 0.308 e. The Bertz CT molecular complexity index is 1020. The Kier molecular flexibility index (Phi) is 3.31. The van der Waals surface area contributed by atoms with Crippen LogP contribution in [0.5, 0.6) is 0 Å². The normalized spacial score (nSPS) is 13.0. The number of aromatic amines is 1. The van der Waals surface area contributed by atoms with Crippen LogP contribution in [0.3, 0.4) is 0 Å². The lowest BCUT2D eigenvalue weighted by molar-refractivity contribution is 0.838. The lowest BCUT2D eigenvalue weighted by Crippen LogP contribution is -2.23. The molecule has 1 aliphatic carbocycles. The Hall–Kier alpha value is -2.73. The van der Waals surface area contributed by atoms with Crippen LogP contribution in [0.1, 0.15) is 18.4 Å². The summed E-state index contributed by atoms with van der Waals surface area (Å²) < 4.78 is 2.54. The van der Waals surface area contributed by atoms with Crippen molar-refractivity contribution in [3.63, 3.8) is 0 Å². The summed E-state index contributed by atoms with van der Waals surface area (Å²) >= 11 is 1.49. The van der Waals surface area contributed by atoms with Crippen LogP contribution >= 0.6 is 11.3 Å². The van der Waals surface area contributed by atoms with E-state index >= 15 is 0 Å². The van der Waals surface area contributed by atoms with E-state index in [0.717, 1.165) is 34.5 Å². The van der Waals surface area contributed by atoms with Gasteiger partial charge in [-0.3, -0.25) is 9.89 Å². The smallest absolute Gasteiger partial charge is 0.282 e. The molecule has 2 heterocycles. The number of nitrogens with one attached hydrogen (secondary N) is 2. The first-order valence-electron chi connectivity index (χ1n) is 7.36. The van der Waals surface area contributed by atoms with Crippen molar-refractivity contribution in [1.29, 1.82) is 5.41 Å². The first kappa shape index (κ1) is 13.9. The summed E-state index contributed by atoms with van der Waals surface area (Å²) in [4.78, 5) is 17.2. The number of nitrogens with zero attached hydrogens (tertiary/aromatic N) is 2. The average Bonchev–Trinajstić information content (AvgIpc) is 3.16. The molecule has 0 aliphatic heterocycles. The van der Waals surface area contributed by atoms with E-state index in [4.69, 9.17) is 5.41 Å². The Balaban J connectivity index is 1.94. The predicted molar refractivity (Wildman–Crippen MR) is 92.8 cm³/mol. The van der Waals surface area contributed by atoms with Crippen molar-refractivity contribution in [2.75, 3.05) is 0 Å². The van der Waals surface area contributed by atoms with Gasteiger partial charge in [-0.05, 0) is 12.8 Å². The van der Waals surface area contributed by atoms with Crippen molar-refractivity contribution >= 4 is 29.7 Å². The molecule has 0 saturated heterocycles. The molecule has 6 heteroatoms. The Labute approximate surface area is 135 Å². The maximum atomic E-state index is 12.6. The molecule has 0 spiro atoms. The summed E-state index contributed by atoms with van der Waals surface area (Å²) in [6, 6.07) is 9.56. The van der Waals surface area contributed by atoms with Crippen LogP contribution in [0.25, 0.3) is 28.5 Å². The molecule has 1 aliphatic rings. The molecule has 0 fully saturated rings. The fourth-order valence-corrected chi connectivity index (χ4v) is 3.69. The summed E-state index contributed by atoms with van der Waals surface area (Å²) in [6.45, 7) is 0. The number of fused-ring (bicyclic) bond motifs is 1. The number of hydrogen-bond acceptors (Lipinski definition) is 4. The van der Waals surface area contributed by atoms with Gasteiger partial charge in [-0.1, -0.05) is 53.8 Å².